The van der Waals surface area contributed by atoms with Crippen molar-refractivity contribution in [2.75, 3.05) is 19.7 Å². The Kier molecular flexibility index (Phi) is 5.40. The Morgan fingerprint density at radius 3 is 2.64 bits per heavy atom. The summed E-state index contributed by atoms with van der Waals surface area (Å²) in [6, 6.07) is 14.6. The van der Waals surface area contributed by atoms with E-state index in [0.29, 0.717) is 19.7 Å². The average Bonchev–Trinajstić information content (AvgIpc) is 2.67. The van der Waals surface area contributed by atoms with Gasteiger partial charge in [-0.15, -0.1) is 0 Å². The maximum Gasteiger partial charge on any atom is 0.354 e. The topological polar surface area (TPSA) is 79.7 Å². The highest BCUT2D eigenvalue weighted by molar-refractivity contribution is 5.94. The van der Waals surface area contributed by atoms with Gasteiger partial charge >= 0.3 is 5.97 Å². The van der Waals surface area contributed by atoms with E-state index in [2.05, 4.69) is 17.1 Å². The lowest BCUT2D eigenvalue weighted by Gasteiger charge is -2.33. The van der Waals surface area contributed by atoms with Crippen LogP contribution in [-0.4, -0.2) is 52.7 Å². The van der Waals surface area contributed by atoms with Crippen LogP contribution in [0.5, 0.6) is 0 Å². The quantitative estimate of drug-likeness (QED) is 0.903. The van der Waals surface area contributed by atoms with Gasteiger partial charge in [0.15, 0.2) is 0 Å². The fraction of sp³-hybridized carbons (Fsp3) is 0.316. The van der Waals surface area contributed by atoms with Crippen molar-refractivity contribution in [3.63, 3.8) is 0 Å². The fourth-order valence-corrected chi connectivity index (χ4v) is 2.89. The number of benzene rings is 1. The molecule has 1 aliphatic rings. The fourth-order valence-electron chi connectivity index (χ4n) is 2.89. The molecule has 0 saturated carbocycles. The van der Waals surface area contributed by atoms with Gasteiger partial charge in [-0.05, 0) is 30.5 Å². The molecule has 6 heteroatoms. The van der Waals surface area contributed by atoms with E-state index < -0.39 is 5.97 Å². The van der Waals surface area contributed by atoms with Crippen LogP contribution in [0.3, 0.4) is 0 Å². The number of nitrogens with zero attached hydrogens (tertiary/aromatic N) is 2. The zero-order valence-corrected chi connectivity index (χ0v) is 13.8. The normalized spacial score (nSPS) is 17.3. The molecule has 1 fully saturated rings. The van der Waals surface area contributed by atoms with Gasteiger partial charge in [0.2, 0.25) is 0 Å². The molecular weight excluding hydrogens is 320 g/mol. The van der Waals surface area contributed by atoms with E-state index in [0.717, 1.165) is 12.8 Å². The summed E-state index contributed by atoms with van der Waals surface area (Å²) in [5, 5.41) is 9.01. The minimum absolute atomic E-state index is 0.0273. The highest BCUT2D eigenvalue weighted by Crippen LogP contribution is 2.15. The van der Waals surface area contributed by atoms with E-state index in [1.807, 2.05) is 18.2 Å². The Morgan fingerprint density at radius 2 is 1.88 bits per heavy atom. The highest BCUT2D eigenvalue weighted by Gasteiger charge is 2.26. The van der Waals surface area contributed by atoms with Crippen LogP contribution in [0.2, 0.25) is 0 Å². The lowest BCUT2D eigenvalue weighted by Crippen LogP contribution is -2.46. The molecule has 6 nitrogen and oxygen atoms in total. The molecule has 25 heavy (non-hydrogen) atoms. The number of aromatic carboxylic acids is 1. The summed E-state index contributed by atoms with van der Waals surface area (Å²) in [7, 11) is 0. The Hall–Kier alpha value is -2.73. The molecule has 0 bridgehead atoms. The van der Waals surface area contributed by atoms with E-state index in [1.54, 1.807) is 11.0 Å². The molecule has 1 amide bonds. The van der Waals surface area contributed by atoms with Crippen molar-refractivity contribution in [1.29, 1.82) is 0 Å². The first-order valence-electron chi connectivity index (χ1n) is 8.28. The van der Waals surface area contributed by atoms with Gasteiger partial charge in [0.05, 0.1) is 12.7 Å². The number of aromatic nitrogens is 1. The summed E-state index contributed by atoms with van der Waals surface area (Å²) in [6.45, 7) is 1.45. The molecule has 1 aromatic heterocycles. The summed E-state index contributed by atoms with van der Waals surface area (Å²) in [6.07, 6.45) is 1.69. The number of hydrogen-bond donors (Lipinski definition) is 1. The summed E-state index contributed by atoms with van der Waals surface area (Å²) in [4.78, 5) is 29.2. The maximum absolute atomic E-state index is 12.6. The van der Waals surface area contributed by atoms with Gasteiger partial charge in [0, 0.05) is 13.1 Å². The average molecular weight is 340 g/mol. The van der Waals surface area contributed by atoms with Gasteiger partial charge in [-0.25, -0.2) is 9.78 Å². The summed E-state index contributed by atoms with van der Waals surface area (Å²) in [5.74, 6) is -1.39. The first kappa shape index (κ1) is 17.1. The number of hydrogen-bond acceptors (Lipinski definition) is 4. The molecule has 2 aromatic rings. The van der Waals surface area contributed by atoms with Crippen LogP contribution in [-0.2, 0) is 11.2 Å². The van der Waals surface area contributed by atoms with Gasteiger partial charge < -0.3 is 14.7 Å². The molecule has 1 atom stereocenters. The van der Waals surface area contributed by atoms with Crippen molar-refractivity contribution >= 4 is 11.9 Å². The molecule has 130 valence electrons. The monoisotopic (exact) mass is 340 g/mol. The van der Waals surface area contributed by atoms with Crippen molar-refractivity contribution in [1.82, 2.24) is 9.88 Å². The predicted molar refractivity (Wildman–Crippen MR) is 91.6 cm³/mol. The number of carboxylic acid groups (broad SMARTS) is 1. The number of aryl methyl sites for hydroxylation is 1. The minimum atomic E-state index is -1.14. The summed E-state index contributed by atoms with van der Waals surface area (Å²) in [5.41, 5.74) is 1.27. The number of rotatable bonds is 5. The minimum Gasteiger partial charge on any atom is -0.477 e. The van der Waals surface area contributed by atoms with Crippen LogP contribution in [0.4, 0.5) is 0 Å². The van der Waals surface area contributed by atoms with Crippen molar-refractivity contribution < 1.29 is 19.4 Å². The lowest BCUT2D eigenvalue weighted by atomic mass is 10.1. The summed E-state index contributed by atoms with van der Waals surface area (Å²) < 4.78 is 5.77. The zero-order chi connectivity index (χ0) is 17.6. The van der Waals surface area contributed by atoms with Gasteiger partial charge in [-0.1, -0.05) is 36.4 Å². The van der Waals surface area contributed by atoms with Crippen LogP contribution in [0.15, 0.2) is 48.5 Å². The van der Waals surface area contributed by atoms with E-state index in [-0.39, 0.29) is 23.4 Å². The number of ether oxygens (including phenoxy) is 1. The van der Waals surface area contributed by atoms with Gasteiger partial charge in [0.25, 0.3) is 5.91 Å². The second-order valence-electron chi connectivity index (χ2n) is 5.98. The lowest BCUT2D eigenvalue weighted by molar-refractivity contribution is -0.0247. The number of carbonyl (C=O) groups is 2. The Labute approximate surface area is 146 Å². The Bertz CT molecular complexity index is 748. The largest absolute Gasteiger partial charge is 0.477 e. The maximum atomic E-state index is 12.6. The van der Waals surface area contributed by atoms with E-state index >= 15 is 0 Å². The molecule has 1 N–H and O–H groups in total. The third kappa shape index (κ3) is 4.42. The number of pyridine rings is 1. The van der Waals surface area contributed by atoms with Crippen molar-refractivity contribution in [2.24, 2.45) is 0 Å². The zero-order valence-electron chi connectivity index (χ0n) is 13.8. The molecule has 2 heterocycles. The molecule has 0 spiro atoms. The molecular formula is C19H20N2O4. The number of carbonyl (C=O) groups excluding carboxylic acids is 1. The summed E-state index contributed by atoms with van der Waals surface area (Å²) >= 11 is 0. The standard InChI is InChI=1S/C19H20N2O4/c22-18(16-7-4-8-17(20-16)19(23)24)21-11-12-25-15(13-21)10-9-14-5-2-1-3-6-14/h1-8,15H,9-13H2,(H,23,24). The third-order valence-electron chi connectivity index (χ3n) is 4.21. The molecule has 1 aromatic carbocycles. The second kappa shape index (κ2) is 7.90. The Morgan fingerprint density at radius 1 is 1.12 bits per heavy atom. The predicted octanol–water partition coefficient (Wildman–Crippen LogP) is 2.25. The smallest absolute Gasteiger partial charge is 0.354 e. The van der Waals surface area contributed by atoms with Gasteiger partial charge in [-0.2, -0.15) is 0 Å². The van der Waals surface area contributed by atoms with E-state index in [4.69, 9.17) is 9.84 Å². The van der Waals surface area contributed by atoms with Crippen LogP contribution in [0, 0.1) is 0 Å². The molecule has 1 unspecified atom stereocenters. The van der Waals surface area contributed by atoms with E-state index in [1.165, 1.54) is 17.7 Å². The van der Waals surface area contributed by atoms with Crippen LogP contribution in [0.1, 0.15) is 33.0 Å². The van der Waals surface area contributed by atoms with Gasteiger partial charge in [-0.3, -0.25) is 4.79 Å². The number of morpholine rings is 1. The van der Waals surface area contributed by atoms with Crippen LogP contribution in [0.25, 0.3) is 0 Å². The Balaban J connectivity index is 1.61. The molecule has 1 aliphatic heterocycles. The molecule has 0 radical (unpaired) electrons. The molecule has 1 saturated heterocycles. The van der Waals surface area contributed by atoms with E-state index in [9.17, 15) is 9.59 Å². The SMILES string of the molecule is O=C(O)c1cccc(C(=O)N2CCOC(CCc3ccccc3)C2)n1. The number of amides is 1. The third-order valence-corrected chi connectivity index (χ3v) is 4.21. The second-order valence-corrected chi connectivity index (χ2v) is 5.98. The van der Waals surface area contributed by atoms with Crippen molar-refractivity contribution in [3.8, 4) is 0 Å². The van der Waals surface area contributed by atoms with Crippen LogP contribution < -0.4 is 0 Å². The molecule has 0 aliphatic carbocycles. The van der Waals surface area contributed by atoms with Crippen LogP contribution >= 0.6 is 0 Å². The van der Waals surface area contributed by atoms with Gasteiger partial charge in [0.1, 0.15) is 11.4 Å². The molecule has 3 rings (SSSR count). The highest BCUT2D eigenvalue weighted by atomic mass is 16.5. The van der Waals surface area contributed by atoms with Crippen molar-refractivity contribution in [3.05, 3.63) is 65.5 Å². The number of carboxylic acids is 1. The first-order chi connectivity index (χ1) is 12.1. The first-order valence-corrected chi connectivity index (χ1v) is 8.28. The van der Waals surface area contributed by atoms with Crippen molar-refractivity contribution in [2.45, 2.75) is 18.9 Å².